The van der Waals surface area contributed by atoms with Crippen LogP contribution in [0.4, 0.5) is 5.82 Å². The number of aliphatic carboxylic acids is 1. The van der Waals surface area contributed by atoms with E-state index in [1.165, 1.54) is 4.88 Å². The van der Waals surface area contributed by atoms with E-state index in [0.717, 1.165) is 45.5 Å². The molecule has 1 N–H and O–H groups in total. The van der Waals surface area contributed by atoms with Crippen LogP contribution in [0.2, 0.25) is 0 Å². The number of nitrogens with zero attached hydrogens (tertiary/aromatic N) is 5. The number of fused-ring (bicyclic) bond motifs is 1. The summed E-state index contributed by atoms with van der Waals surface area (Å²) in [4.78, 5) is 40.0. The van der Waals surface area contributed by atoms with Gasteiger partial charge < -0.3 is 24.2 Å². The lowest BCUT2D eigenvalue weighted by Gasteiger charge is -2.35. The monoisotopic (exact) mass is 553 g/mol. The van der Waals surface area contributed by atoms with Crippen LogP contribution in [0.5, 0.6) is 5.75 Å². The van der Waals surface area contributed by atoms with Gasteiger partial charge in [-0.25, -0.2) is 9.97 Å². The summed E-state index contributed by atoms with van der Waals surface area (Å²) in [6.45, 7) is 6.01. The number of hydrogen-bond donors (Lipinski definition) is 1. The molecule has 4 heterocycles. The number of methoxy groups -OCH3 is 1. The first-order chi connectivity index (χ1) is 18.4. The van der Waals surface area contributed by atoms with E-state index in [-0.39, 0.29) is 11.7 Å². The molecule has 0 spiro atoms. The number of piperazine rings is 1. The van der Waals surface area contributed by atoms with E-state index in [0.29, 0.717) is 48.4 Å². The number of thiophene rings is 1. The number of aryl methyl sites for hydroxylation is 2. The lowest BCUT2D eigenvalue weighted by Crippen LogP contribution is -2.49. The first-order valence-electron chi connectivity index (χ1n) is 12.2. The van der Waals surface area contributed by atoms with Crippen LogP contribution in [0.25, 0.3) is 21.5 Å². The Hall–Kier alpha value is -3.64. The van der Waals surface area contributed by atoms with Crippen molar-refractivity contribution in [1.29, 1.82) is 0 Å². The first kappa shape index (κ1) is 26.0. The number of rotatable bonds is 8. The van der Waals surface area contributed by atoms with Crippen LogP contribution >= 0.6 is 23.1 Å². The van der Waals surface area contributed by atoms with Crippen molar-refractivity contribution in [2.24, 2.45) is 0 Å². The van der Waals surface area contributed by atoms with Crippen LogP contribution in [0.3, 0.4) is 0 Å². The predicted molar refractivity (Wildman–Crippen MR) is 146 cm³/mol. The standard InChI is InChI=1S/C26H27N5O5S2/c1-4-18-13-19-23(27-26(28-24(19)38-18)37-14-20(32)33)30-9-11-31(12-10-30)25(34)21-15(2)36-29-22(21)16-5-7-17(35-3)8-6-16/h5-8,13H,4,9-12,14H2,1-3H3,(H,32,33). The Bertz CT molecular complexity index is 1480. The number of benzene rings is 1. The van der Waals surface area contributed by atoms with Gasteiger partial charge in [0.05, 0.1) is 18.2 Å². The third kappa shape index (κ3) is 5.18. The van der Waals surface area contributed by atoms with Crippen LogP contribution in [0, 0.1) is 6.92 Å². The van der Waals surface area contributed by atoms with Crippen molar-refractivity contribution in [3.05, 3.63) is 46.5 Å². The molecule has 12 heteroatoms. The third-order valence-electron chi connectivity index (χ3n) is 6.38. The van der Waals surface area contributed by atoms with Gasteiger partial charge in [0.2, 0.25) is 0 Å². The minimum Gasteiger partial charge on any atom is -0.497 e. The summed E-state index contributed by atoms with van der Waals surface area (Å²) in [6, 6.07) is 9.48. The van der Waals surface area contributed by atoms with Gasteiger partial charge in [-0.2, -0.15) is 0 Å². The molecule has 0 atom stereocenters. The SMILES string of the molecule is CCc1cc2c(N3CCN(C(=O)c4c(-c5ccc(OC)cc5)noc4C)CC3)nc(SCC(=O)O)nc2s1. The summed E-state index contributed by atoms with van der Waals surface area (Å²) >= 11 is 2.72. The number of amides is 1. The molecule has 0 bridgehead atoms. The fraction of sp³-hybridized carbons (Fsp3) is 0.346. The fourth-order valence-corrected chi connectivity index (χ4v) is 5.97. The van der Waals surface area contributed by atoms with Crippen molar-refractivity contribution >= 4 is 51.0 Å². The molecule has 3 aromatic heterocycles. The van der Waals surface area contributed by atoms with Crippen molar-refractivity contribution in [3.63, 3.8) is 0 Å². The number of carbonyl (C=O) groups is 2. The maximum atomic E-state index is 13.6. The number of hydrogen-bond acceptors (Lipinski definition) is 10. The molecule has 1 aromatic carbocycles. The van der Waals surface area contributed by atoms with Gasteiger partial charge in [-0.3, -0.25) is 9.59 Å². The molecule has 0 unspecified atom stereocenters. The van der Waals surface area contributed by atoms with Crippen LogP contribution in [0.1, 0.15) is 27.9 Å². The van der Waals surface area contributed by atoms with Crippen molar-refractivity contribution in [2.75, 3.05) is 43.9 Å². The minimum atomic E-state index is -0.911. The predicted octanol–water partition coefficient (Wildman–Crippen LogP) is 4.36. The molecule has 198 valence electrons. The Kier molecular flexibility index (Phi) is 7.52. The van der Waals surface area contributed by atoms with E-state index in [9.17, 15) is 9.59 Å². The van der Waals surface area contributed by atoms with E-state index >= 15 is 0 Å². The number of carboxylic acid groups (broad SMARTS) is 1. The largest absolute Gasteiger partial charge is 0.497 e. The Labute approximate surface area is 227 Å². The summed E-state index contributed by atoms with van der Waals surface area (Å²) in [6.07, 6.45) is 0.884. The topological polar surface area (TPSA) is 122 Å². The minimum absolute atomic E-state index is 0.103. The van der Waals surface area contributed by atoms with Crippen LogP contribution in [-0.2, 0) is 11.2 Å². The Morgan fingerprint density at radius 3 is 2.55 bits per heavy atom. The molecule has 0 aliphatic carbocycles. The lowest BCUT2D eigenvalue weighted by molar-refractivity contribution is -0.133. The maximum Gasteiger partial charge on any atom is 0.313 e. The molecular weight excluding hydrogens is 526 g/mol. The zero-order valence-electron chi connectivity index (χ0n) is 21.3. The number of carbonyl (C=O) groups excluding carboxylic acids is 1. The van der Waals surface area contributed by atoms with E-state index in [2.05, 4.69) is 28.0 Å². The molecule has 38 heavy (non-hydrogen) atoms. The molecule has 0 saturated carbocycles. The molecule has 1 amide bonds. The molecule has 1 fully saturated rings. The van der Waals surface area contributed by atoms with Gasteiger partial charge >= 0.3 is 5.97 Å². The Morgan fingerprint density at radius 2 is 1.89 bits per heavy atom. The fourth-order valence-electron chi connectivity index (χ4n) is 4.39. The molecule has 1 saturated heterocycles. The van der Waals surface area contributed by atoms with Crippen molar-refractivity contribution in [2.45, 2.75) is 25.4 Å². The highest BCUT2D eigenvalue weighted by Gasteiger charge is 2.30. The molecule has 1 aliphatic heterocycles. The van der Waals surface area contributed by atoms with E-state index in [1.807, 2.05) is 29.2 Å². The number of thioether (sulfide) groups is 1. The molecule has 1 aliphatic rings. The van der Waals surface area contributed by atoms with Crippen molar-refractivity contribution in [3.8, 4) is 17.0 Å². The molecule has 0 radical (unpaired) electrons. The average Bonchev–Trinajstić information content (AvgIpc) is 3.54. The molecule has 5 rings (SSSR count). The number of ether oxygens (including phenoxy) is 1. The molecular formula is C26H27N5O5S2. The lowest BCUT2D eigenvalue weighted by atomic mass is 10.0. The molecule has 10 nitrogen and oxygen atoms in total. The van der Waals surface area contributed by atoms with Gasteiger partial charge in [0.25, 0.3) is 5.91 Å². The molecule has 4 aromatic rings. The van der Waals surface area contributed by atoms with E-state index in [1.54, 1.807) is 25.4 Å². The summed E-state index contributed by atoms with van der Waals surface area (Å²) in [5.41, 5.74) is 1.76. The van der Waals surface area contributed by atoms with Gasteiger partial charge in [-0.1, -0.05) is 23.8 Å². The Morgan fingerprint density at radius 1 is 1.16 bits per heavy atom. The third-order valence-corrected chi connectivity index (χ3v) is 8.39. The second kappa shape index (κ2) is 11.0. The van der Waals surface area contributed by atoms with E-state index < -0.39 is 5.97 Å². The Balaban J connectivity index is 1.36. The average molecular weight is 554 g/mol. The normalized spacial score (nSPS) is 13.8. The smallest absolute Gasteiger partial charge is 0.313 e. The number of aromatic nitrogens is 3. The highest BCUT2D eigenvalue weighted by atomic mass is 32.2. The summed E-state index contributed by atoms with van der Waals surface area (Å²) in [7, 11) is 1.60. The summed E-state index contributed by atoms with van der Waals surface area (Å²) in [5, 5.41) is 14.7. The summed E-state index contributed by atoms with van der Waals surface area (Å²) < 4.78 is 10.7. The highest BCUT2D eigenvalue weighted by molar-refractivity contribution is 7.99. The second-order valence-electron chi connectivity index (χ2n) is 8.77. The van der Waals surface area contributed by atoms with Crippen LogP contribution in [-0.4, -0.2) is 76.0 Å². The number of anilines is 1. The zero-order chi connectivity index (χ0) is 26.8. The number of carboxylic acids is 1. The van der Waals surface area contributed by atoms with Gasteiger partial charge in [0.1, 0.15) is 33.4 Å². The quantitative estimate of drug-likeness (QED) is 0.249. The van der Waals surface area contributed by atoms with Gasteiger partial charge in [-0.05, 0) is 43.7 Å². The highest BCUT2D eigenvalue weighted by Crippen LogP contribution is 2.34. The second-order valence-corrected chi connectivity index (χ2v) is 10.8. The van der Waals surface area contributed by atoms with Gasteiger partial charge in [-0.15, -0.1) is 11.3 Å². The van der Waals surface area contributed by atoms with E-state index in [4.69, 9.17) is 19.4 Å². The van der Waals surface area contributed by atoms with Crippen molar-refractivity contribution < 1.29 is 24.0 Å². The van der Waals surface area contributed by atoms with Crippen LogP contribution < -0.4 is 9.64 Å². The zero-order valence-corrected chi connectivity index (χ0v) is 22.9. The van der Waals surface area contributed by atoms with Gasteiger partial charge in [0.15, 0.2) is 5.16 Å². The van der Waals surface area contributed by atoms with Crippen LogP contribution in [0.15, 0.2) is 40.0 Å². The van der Waals surface area contributed by atoms with Crippen molar-refractivity contribution in [1.82, 2.24) is 20.0 Å². The van der Waals surface area contributed by atoms with Gasteiger partial charge in [0, 0.05) is 36.6 Å². The summed E-state index contributed by atoms with van der Waals surface area (Å²) in [5.74, 6) is 0.845. The first-order valence-corrected chi connectivity index (χ1v) is 14.0. The maximum absolute atomic E-state index is 13.6.